The summed E-state index contributed by atoms with van der Waals surface area (Å²) >= 11 is 3.42. The lowest BCUT2D eigenvalue weighted by Crippen LogP contribution is -2.23. The van der Waals surface area contributed by atoms with E-state index in [0.717, 1.165) is 21.6 Å². The largest absolute Gasteiger partial charge is 0.333 e. The minimum Gasteiger partial charge on any atom is -0.294 e. The van der Waals surface area contributed by atoms with Gasteiger partial charge in [0.15, 0.2) is 0 Å². The lowest BCUT2D eigenvalue weighted by molar-refractivity contribution is 0.718. The molecular weight excluding hydrogens is 376 g/mol. The zero-order valence-electron chi connectivity index (χ0n) is 14.1. The molecule has 3 aromatic rings. The van der Waals surface area contributed by atoms with E-state index in [4.69, 9.17) is 0 Å². The number of benzene rings is 2. The average molecular weight is 397 g/mol. The highest BCUT2D eigenvalue weighted by atomic mass is 79.9. The molecule has 0 bridgehead atoms. The number of aromatic nitrogens is 2. The van der Waals surface area contributed by atoms with Gasteiger partial charge in [0, 0.05) is 16.9 Å². The summed E-state index contributed by atoms with van der Waals surface area (Å²) in [6.07, 6.45) is 9.02. The summed E-state index contributed by atoms with van der Waals surface area (Å²) in [6, 6.07) is 16.6. The average Bonchev–Trinajstić information content (AvgIpc) is 3.28. The lowest BCUT2D eigenvalue weighted by atomic mass is 9.97. The highest BCUT2D eigenvalue weighted by Crippen LogP contribution is 2.33. The van der Waals surface area contributed by atoms with Crippen LogP contribution in [0.2, 0.25) is 0 Å². The Hall–Kier alpha value is -2.07. The molecule has 0 atom stereocenters. The molecule has 0 radical (unpaired) electrons. The molecule has 1 fully saturated rings. The third-order valence-corrected chi connectivity index (χ3v) is 5.64. The zero-order chi connectivity index (χ0) is 17.2. The Morgan fingerprint density at radius 1 is 0.920 bits per heavy atom. The number of imidazole rings is 1. The van der Waals surface area contributed by atoms with Gasteiger partial charge in [0.2, 0.25) is 0 Å². The van der Waals surface area contributed by atoms with Crippen LogP contribution in [0.4, 0.5) is 0 Å². The fraction of sp³-hybridized carbons (Fsp3) is 0.286. The number of nitrogens with zero attached hydrogens (tertiary/aromatic N) is 2. The van der Waals surface area contributed by atoms with Crippen LogP contribution < -0.4 is 5.69 Å². The van der Waals surface area contributed by atoms with Crippen molar-refractivity contribution in [3.63, 3.8) is 0 Å². The number of hydrogen-bond donors (Lipinski definition) is 0. The molecule has 1 aliphatic carbocycles. The van der Waals surface area contributed by atoms with Gasteiger partial charge in [-0.3, -0.25) is 9.13 Å². The predicted molar refractivity (Wildman–Crippen MR) is 104 cm³/mol. The maximum atomic E-state index is 12.6. The number of rotatable bonds is 4. The van der Waals surface area contributed by atoms with Crippen molar-refractivity contribution >= 4 is 15.9 Å². The molecule has 0 spiro atoms. The Morgan fingerprint density at radius 3 is 2.28 bits per heavy atom. The van der Waals surface area contributed by atoms with Crippen LogP contribution in [0.1, 0.15) is 42.7 Å². The van der Waals surface area contributed by atoms with Crippen LogP contribution in [0.5, 0.6) is 0 Å². The summed E-state index contributed by atoms with van der Waals surface area (Å²) in [6.45, 7) is 0.604. The third kappa shape index (κ3) is 3.49. The van der Waals surface area contributed by atoms with Crippen LogP contribution in [0, 0.1) is 0 Å². The molecule has 1 aromatic heterocycles. The first-order valence-corrected chi connectivity index (χ1v) is 9.62. The molecule has 4 rings (SSSR count). The van der Waals surface area contributed by atoms with E-state index in [2.05, 4.69) is 40.2 Å². The maximum absolute atomic E-state index is 12.6. The quantitative estimate of drug-likeness (QED) is 0.601. The Kier molecular flexibility index (Phi) is 4.62. The Balaban J connectivity index is 1.53. The van der Waals surface area contributed by atoms with Gasteiger partial charge >= 0.3 is 5.69 Å². The van der Waals surface area contributed by atoms with E-state index < -0.39 is 0 Å². The highest BCUT2D eigenvalue weighted by molar-refractivity contribution is 9.10. The van der Waals surface area contributed by atoms with Gasteiger partial charge in [-0.25, -0.2) is 4.79 Å². The molecule has 0 amide bonds. The molecule has 1 saturated carbocycles. The van der Waals surface area contributed by atoms with Crippen molar-refractivity contribution in [1.29, 1.82) is 0 Å². The van der Waals surface area contributed by atoms with E-state index in [1.54, 1.807) is 9.13 Å². The summed E-state index contributed by atoms with van der Waals surface area (Å²) in [7, 11) is 0. The number of halogens is 1. The molecule has 2 aromatic carbocycles. The van der Waals surface area contributed by atoms with Crippen LogP contribution in [-0.4, -0.2) is 9.13 Å². The van der Waals surface area contributed by atoms with E-state index in [1.165, 1.54) is 31.2 Å². The standard InChI is InChI=1S/C21H21BrN2O/c22-19-9-11-20(12-10-19)24-14-13-23(21(24)25)15-16-5-7-18(8-6-16)17-3-1-2-4-17/h5-14,17H,1-4,15H2. The summed E-state index contributed by atoms with van der Waals surface area (Å²) in [4.78, 5) is 12.6. The second kappa shape index (κ2) is 7.04. The van der Waals surface area contributed by atoms with Crippen molar-refractivity contribution in [3.8, 4) is 5.69 Å². The smallest absolute Gasteiger partial charge is 0.294 e. The van der Waals surface area contributed by atoms with Gasteiger partial charge in [0.05, 0.1) is 12.2 Å². The van der Waals surface area contributed by atoms with E-state index in [9.17, 15) is 4.79 Å². The Morgan fingerprint density at radius 2 is 1.60 bits per heavy atom. The highest BCUT2D eigenvalue weighted by Gasteiger charge is 2.16. The van der Waals surface area contributed by atoms with Gasteiger partial charge in [0.1, 0.15) is 0 Å². The van der Waals surface area contributed by atoms with Gasteiger partial charge in [-0.05, 0) is 54.2 Å². The summed E-state index contributed by atoms with van der Waals surface area (Å²) < 4.78 is 4.44. The van der Waals surface area contributed by atoms with E-state index in [1.807, 2.05) is 36.7 Å². The van der Waals surface area contributed by atoms with Crippen LogP contribution in [0.15, 0.2) is 70.2 Å². The topological polar surface area (TPSA) is 26.9 Å². The van der Waals surface area contributed by atoms with Gasteiger partial charge in [0.25, 0.3) is 0 Å². The second-order valence-corrected chi connectivity index (χ2v) is 7.69. The van der Waals surface area contributed by atoms with Crippen molar-refractivity contribution in [2.24, 2.45) is 0 Å². The summed E-state index contributed by atoms with van der Waals surface area (Å²) in [5, 5.41) is 0. The summed E-state index contributed by atoms with van der Waals surface area (Å²) in [5.74, 6) is 0.732. The molecule has 25 heavy (non-hydrogen) atoms. The first kappa shape index (κ1) is 16.4. The molecule has 0 N–H and O–H groups in total. The molecule has 3 nitrogen and oxygen atoms in total. The van der Waals surface area contributed by atoms with Crippen LogP contribution >= 0.6 is 15.9 Å². The van der Waals surface area contributed by atoms with Crippen molar-refractivity contribution in [3.05, 3.63) is 87.0 Å². The minimum atomic E-state index is -0.0119. The van der Waals surface area contributed by atoms with Crippen molar-refractivity contribution in [2.75, 3.05) is 0 Å². The minimum absolute atomic E-state index is 0.0119. The predicted octanol–water partition coefficient (Wildman–Crippen LogP) is 5.11. The van der Waals surface area contributed by atoms with Gasteiger partial charge in [-0.15, -0.1) is 0 Å². The SMILES string of the molecule is O=c1n(Cc2ccc(C3CCCC3)cc2)ccn1-c1ccc(Br)cc1. The first-order valence-electron chi connectivity index (χ1n) is 8.83. The molecule has 0 saturated heterocycles. The number of hydrogen-bond acceptors (Lipinski definition) is 1. The third-order valence-electron chi connectivity index (χ3n) is 5.11. The second-order valence-electron chi connectivity index (χ2n) is 6.78. The first-order chi connectivity index (χ1) is 12.2. The molecular formula is C21H21BrN2O. The van der Waals surface area contributed by atoms with Crippen LogP contribution in [-0.2, 0) is 6.54 Å². The van der Waals surface area contributed by atoms with Crippen molar-refractivity contribution in [1.82, 2.24) is 9.13 Å². The monoisotopic (exact) mass is 396 g/mol. The molecule has 4 heteroatoms. The van der Waals surface area contributed by atoms with E-state index in [0.29, 0.717) is 6.54 Å². The molecule has 1 heterocycles. The molecule has 0 aliphatic heterocycles. The van der Waals surface area contributed by atoms with E-state index >= 15 is 0 Å². The van der Waals surface area contributed by atoms with Gasteiger partial charge < -0.3 is 0 Å². The fourth-order valence-electron chi connectivity index (χ4n) is 3.68. The van der Waals surface area contributed by atoms with Crippen LogP contribution in [0.25, 0.3) is 5.69 Å². The van der Waals surface area contributed by atoms with Gasteiger partial charge in [-0.1, -0.05) is 53.0 Å². The Labute approximate surface area is 156 Å². The van der Waals surface area contributed by atoms with Crippen molar-refractivity contribution < 1.29 is 0 Å². The molecule has 128 valence electrons. The fourth-order valence-corrected chi connectivity index (χ4v) is 3.95. The maximum Gasteiger partial charge on any atom is 0.333 e. The normalized spacial score (nSPS) is 14.9. The zero-order valence-corrected chi connectivity index (χ0v) is 15.7. The van der Waals surface area contributed by atoms with Crippen LogP contribution in [0.3, 0.4) is 0 Å². The van der Waals surface area contributed by atoms with E-state index in [-0.39, 0.29) is 5.69 Å². The van der Waals surface area contributed by atoms with Crippen molar-refractivity contribution in [2.45, 2.75) is 38.1 Å². The summed E-state index contributed by atoms with van der Waals surface area (Å²) in [5.41, 5.74) is 3.48. The lowest BCUT2D eigenvalue weighted by Gasteiger charge is -2.10. The Bertz CT molecular complexity index is 900. The van der Waals surface area contributed by atoms with Gasteiger partial charge in [-0.2, -0.15) is 0 Å². The molecule has 1 aliphatic rings. The molecule has 0 unspecified atom stereocenters.